The van der Waals surface area contributed by atoms with Crippen LogP contribution in [0, 0.1) is 16.7 Å². The Morgan fingerprint density at radius 2 is 1.65 bits per heavy atom. The monoisotopic (exact) mass is 452 g/mol. The molecule has 34 heavy (non-hydrogen) atoms. The van der Waals surface area contributed by atoms with Gasteiger partial charge in [-0.3, -0.25) is 9.59 Å². The van der Waals surface area contributed by atoms with E-state index in [1.54, 1.807) is 6.26 Å². The van der Waals surface area contributed by atoms with Crippen molar-refractivity contribution in [2.24, 2.45) is 21.8 Å². The minimum absolute atomic E-state index is 0.0763. The van der Waals surface area contributed by atoms with Gasteiger partial charge in [0.2, 0.25) is 0 Å². The Bertz CT molecular complexity index is 1250. The SMILES string of the molecule is CC(C)(C)C1=NN(c2ccccc2)C(=O)[C@]12C(=O)C[C@H](c1ccccc1)[C@H]2/C=C/c1ccco1. The van der Waals surface area contributed by atoms with Gasteiger partial charge in [0.05, 0.1) is 17.7 Å². The number of Topliss-reactive ketones (excluding diaryl/α,β-unsaturated/α-hetero) is 1. The molecule has 3 aromatic rings. The van der Waals surface area contributed by atoms with Crippen molar-refractivity contribution in [1.29, 1.82) is 0 Å². The summed E-state index contributed by atoms with van der Waals surface area (Å²) in [6.45, 7) is 6.06. The topological polar surface area (TPSA) is 62.9 Å². The maximum absolute atomic E-state index is 14.3. The Balaban J connectivity index is 1.70. The number of nitrogens with zero attached hydrogens (tertiary/aromatic N) is 2. The lowest BCUT2D eigenvalue weighted by Crippen LogP contribution is -2.51. The number of amides is 1. The number of carbonyl (C=O) groups excluding carboxylic acids is 2. The van der Waals surface area contributed by atoms with Crippen LogP contribution in [-0.4, -0.2) is 17.4 Å². The first-order valence-electron chi connectivity index (χ1n) is 11.6. The van der Waals surface area contributed by atoms with Gasteiger partial charge in [-0.05, 0) is 41.8 Å². The number of allylic oxidation sites excluding steroid dienone is 1. The van der Waals surface area contributed by atoms with Gasteiger partial charge in [0.25, 0.3) is 5.91 Å². The smallest absolute Gasteiger partial charge is 0.267 e. The molecular formula is C29H28N2O3. The summed E-state index contributed by atoms with van der Waals surface area (Å²) in [6, 6.07) is 23.0. The summed E-state index contributed by atoms with van der Waals surface area (Å²) < 4.78 is 5.53. The highest BCUT2D eigenvalue weighted by Crippen LogP contribution is 2.57. The normalized spacial score (nSPS) is 25.0. The predicted octanol–water partition coefficient (Wildman–Crippen LogP) is 6.10. The van der Waals surface area contributed by atoms with Gasteiger partial charge in [-0.25, -0.2) is 0 Å². The van der Waals surface area contributed by atoms with E-state index in [2.05, 4.69) is 0 Å². The van der Waals surface area contributed by atoms with Crippen LogP contribution in [-0.2, 0) is 9.59 Å². The van der Waals surface area contributed by atoms with E-state index in [1.165, 1.54) is 5.01 Å². The number of ketones is 1. The Kier molecular flexibility index (Phi) is 5.35. The van der Waals surface area contributed by atoms with Crippen LogP contribution in [0.4, 0.5) is 5.69 Å². The summed E-state index contributed by atoms with van der Waals surface area (Å²) >= 11 is 0. The van der Waals surface area contributed by atoms with Crippen molar-refractivity contribution < 1.29 is 14.0 Å². The third-order valence-electron chi connectivity index (χ3n) is 6.83. The number of furan rings is 1. The van der Waals surface area contributed by atoms with Crippen molar-refractivity contribution in [3.63, 3.8) is 0 Å². The molecule has 0 N–H and O–H groups in total. The molecule has 0 bridgehead atoms. The lowest BCUT2D eigenvalue weighted by Gasteiger charge is -2.35. The van der Waals surface area contributed by atoms with Gasteiger partial charge in [0, 0.05) is 17.8 Å². The van der Waals surface area contributed by atoms with Gasteiger partial charge in [0.1, 0.15) is 5.76 Å². The van der Waals surface area contributed by atoms with E-state index in [4.69, 9.17) is 9.52 Å². The first-order valence-corrected chi connectivity index (χ1v) is 11.6. The Morgan fingerprint density at radius 3 is 2.26 bits per heavy atom. The lowest BCUT2D eigenvalue weighted by molar-refractivity contribution is -0.134. The van der Waals surface area contributed by atoms with Gasteiger partial charge in [-0.1, -0.05) is 75.4 Å². The Labute approximate surface area is 199 Å². The molecule has 0 radical (unpaired) electrons. The highest BCUT2D eigenvalue weighted by Gasteiger charge is 2.67. The summed E-state index contributed by atoms with van der Waals surface area (Å²) in [5.74, 6) is -0.214. The number of carbonyl (C=O) groups is 2. The quantitative estimate of drug-likeness (QED) is 0.449. The number of benzene rings is 2. The zero-order valence-corrected chi connectivity index (χ0v) is 19.6. The minimum atomic E-state index is -1.36. The molecule has 1 aliphatic carbocycles. The fourth-order valence-electron chi connectivity index (χ4n) is 5.39. The Morgan fingerprint density at radius 1 is 0.971 bits per heavy atom. The Hall–Kier alpha value is -3.73. The van der Waals surface area contributed by atoms with Crippen LogP contribution in [0.25, 0.3) is 6.08 Å². The molecule has 2 aromatic carbocycles. The molecule has 1 amide bonds. The first-order chi connectivity index (χ1) is 16.3. The van der Waals surface area contributed by atoms with Crippen molar-refractivity contribution in [2.75, 3.05) is 5.01 Å². The zero-order chi connectivity index (χ0) is 23.9. The summed E-state index contributed by atoms with van der Waals surface area (Å²) in [4.78, 5) is 28.3. The van der Waals surface area contributed by atoms with Crippen molar-refractivity contribution in [1.82, 2.24) is 0 Å². The molecule has 1 aromatic heterocycles. The van der Waals surface area contributed by atoms with Crippen molar-refractivity contribution in [2.45, 2.75) is 33.1 Å². The number of hydrogen-bond donors (Lipinski definition) is 0. The lowest BCUT2D eigenvalue weighted by atomic mass is 9.64. The van der Waals surface area contributed by atoms with Crippen LogP contribution in [0.1, 0.15) is 44.4 Å². The summed E-state index contributed by atoms with van der Waals surface area (Å²) in [7, 11) is 0. The van der Waals surface area contributed by atoms with Crippen LogP contribution in [0.15, 0.2) is 94.7 Å². The van der Waals surface area contributed by atoms with Gasteiger partial charge in [-0.2, -0.15) is 10.1 Å². The average molecular weight is 453 g/mol. The second-order valence-electron chi connectivity index (χ2n) is 10.0. The van der Waals surface area contributed by atoms with Crippen LogP contribution >= 0.6 is 0 Å². The molecule has 3 atom stereocenters. The number of hydrazone groups is 1. The number of rotatable bonds is 4. The molecule has 2 aliphatic rings. The van der Waals surface area contributed by atoms with Gasteiger partial charge >= 0.3 is 0 Å². The molecule has 5 nitrogen and oxygen atoms in total. The van der Waals surface area contributed by atoms with Crippen LogP contribution in [0.2, 0.25) is 0 Å². The van der Waals surface area contributed by atoms with E-state index < -0.39 is 16.7 Å². The largest absolute Gasteiger partial charge is 0.465 e. The molecule has 5 rings (SSSR count). The van der Waals surface area contributed by atoms with Crippen molar-refractivity contribution >= 4 is 29.2 Å². The number of anilines is 1. The summed E-state index contributed by atoms with van der Waals surface area (Å²) in [5, 5.41) is 6.27. The highest BCUT2D eigenvalue weighted by atomic mass is 16.3. The first kappa shape index (κ1) is 22.1. The zero-order valence-electron chi connectivity index (χ0n) is 19.6. The van der Waals surface area contributed by atoms with E-state index in [1.807, 2.05) is 106 Å². The predicted molar refractivity (Wildman–Crippen MR) is 133 cm³/mol. The van der Waals surface area contributed by atoms with Crippen LogP contribution < -0.4 is 5.01 Å². The summed E-state index contributed by atoms with van der Waals surface area (Å²) in [6.07, 6.45) is 5.75. The van der Waals surface area contributed by atoms with Crippen molar-refractivity contribution in [3.8, 4) is 0 Å². The van der Waals surface area contributed by atoms with Gasteiger partial charge in [-0.15, -0.1) is 0 Å². The fraction of sp³-hybridized carbons (Fsp3) is 0.276. The van der Waals surface area contributed by atoms with E-state index in [0.717, 1.165) is 5.56 Å². The average Bonchev–Trinajstić information content (AvgIpc) is 3.53. The second-order valence-corrected chi connectivity index (χ2v) is 10.0. The molecule has 0 saturated heterocycles. The van der Waals surface area contributed by atoms with Crippen LogP contribution in [0.3, 0.4) is 0 Å². The number of hydrogen-bond acceptors (Lipinski definition) is 4. The van der Waals surface area contributed by atoms with E-state index in [9.17, 15) is 9.59 Å². The highest BCUT2D eigenvalue weighted by molar-refractivity contribution is 6.34. The summed E-state index contributed by atoms with van der Waals surface area (Å²) in [5.41, 5.74) is 0.470. The molecule has 2 heterocycles. The maximum Gasteiger partial charge on any atom is 0.267 e. The molecule has 172 valence electrons. The molecule has 0 unspecified atom stereocenters. The molecule has 1 spiro atoms. The molecular weight excluding hydrogens is 424 g/mol. The van der Waals surface area contributed by atoms with Crippen molar-refractivity contribution in [3.05, 3.63) is 96.5 Å². The van der Waals surface area contributed by atoms with Gasteiger partial charge < -0.3 is 4.42 Å². The standard InChI is InChI=1S/C29H28N2O3/c1-28(2,3)26-29(27(33)31(30-26)21-13-8-5-9-14-21)24(17-16-22-15-10-18-34-22)23(19-25(29)32)20-11-6-4-7-12-20/h4-18,23-24H,19H2,1-3H3/b17-16+/t23-,24-,29-/m1/s1. The fourth-order valence-corrected chi connectivity index (χ4v) is 5.39. The second kappa shape index (κ2) is 8.24. The third-order valence-corrected chi connectivity index (χ3v) is 6.83. The van der Waals surface area contributed by atoms with Gasteiger partial charge in [0.15, 0.2) is 11.2 Å². The molecule has 1 aliphatic heterocycles. The van der Waals surface area contributed by atoms with Crippen LogP contribution in [0.5, 0.6) is 0 Å². The maximum atomic E-state index is 14.3. The number of para-hydroxylation sites is 1. The molecule has 1 saturated carbocycles. The third kappa shape index (κ3) is 3.43. The van der Waals surface area contributed by atoms with E-state index >= 15 is 0 Å². The minimum Gasteiger partial charge on any atom is -0.465 e. The van der Waals surface area contributed by atoms with E-state index in [-0.39, 0.29) is 24.0 Å². The van der Waals surface area contributed by atoms with E-state index in [0.29, 0.717) is 17.2 Å². The molecule has 5 heteroatoms. The molecule has 1 fully saturated rings.